The molecule has 0 saturated heterocycles. The van der Waals surface area contributed by atoms with E-state index in [0.717, 1.165) is 17.7 Å². The van der Waals surface area contributed by atoms with E-state index in [1.807, 2.05) is 25.1 Å². The second-order valence-electron chi connectivity index (χ2n) is 4.51. The summed E-state index contributed by atoms with van der Waals surface area (Å²) in [5, 5.41) is 2.93. The van der Waals surface area contributed by atoms with Crippen LogP contribution in [0.1, 0.15) is 18.9 Å². The van der Waals surface area contributed by atoms with Crippen molar-refractivity contribution in [2.45, 2.75) is 20.3 Å². The van der Waals surface area contributed by atoms with E-state index >= 15 is 0 Å². The first-order chi connectivity index (χ1) is 7.61. The number of amides is 1. The molecule has 0 bridgehead atoms. The highest BCUT2D eigenvalue weighted by molar-refractivity contribution is 5.95. The van der Waals surface area contributed by atoms with Gasteiger partial charge in [-0.15, -0.1) is 0 Å². The number of ether oxygens (including phenoxy) is 1. The number of methoxy groups -OCH3 is 1. The lowest BCUT2D eigenvalue weighted by Crippen LogP contribution is -2.15. The van der Waals surface area contributed by atoms with Crippen molar-refractivity contribution in [3.05, 3.63) is 23.8 Å². The number of aryl methyl sites for hydroxylation is 1. The molecule has 1 amide bonds. The maximum Gasteiger partial charge on any atom is 0.227 e. The zero-order valence-electron chi connectivity index (χ0n) is 9.91. The van der Waals surface area contributed by atoms with E-state index in [2.05, 4.69) is 12.2 Å². The molecule has 1 aromatic carbocycles. The van der Waals surface area contributed by atoms with E-state index in [0.29, 0.717) is 11.7 Å². The van der Waals surface area contributed by atoms with Crippen LogP contribution in [0.5, 0.6) is 5.75 Å². The van der Waals surface area contributed by atoms with Gasteiger partial charge in [-0.05, 0) is 37.0 Å². The molecule has 1 aliphatic carbocycles. The van der Waals surface area contributed by atoms with Crippen LogP contribution in [0.4, 0.5) is 5.69 Å². The smallest absolute Gasteiger partial charge is 0.227 e. The van der Waals surface area contributed by atoms with Gasteiger partial charge in [0.15, 0.2) is 0 Å². The summed E-state index contributed by atoms with van der Waals surface area (Å²) in [5.41, 5.74) is 1.88. The minimum atomic E-state index is 0.108. The molecule has 3 heteroatoms. The number of hydrogen-bond acceptors (Lipinski definition) is 2. The van der Waals surface area contributed by atoms with E-state index in [4.69, 9.17) is 4.74 Å². The number of nitrogens with one attached hydrogen (secondary N) is 1. The Bertz CT molecular complexity index is 414. The Morgan fingerprint density at radius 3 is 2.75 bits per heavy atom. The van der Waals surface area contributed by atoms with E-state index in [9.17, 15) is 4.79 Å². The summed E-state index contributed by atoms with van der Waals surface area (Å²) in [5.74, 6) is 1.53. The Morgan fingerprint density at radius 2 is 2.19 bits per heavy atom. The third kappa shape index (κ3) is 2.18. The molecule has 86 valence electrons. The van der Waals surface area contributed by atoms with E-state index in [1.165, 1.54) is 0 Å². The van der Waals surface area contributed by atoms with Crippen molar-refractivity contribution in [3.8, 4) is 5.75 Å². The Kier molecular flexibility index (Phi) is 2.86. The maximum absolute atomic E-state index is 11.8. The van der Waals surface area contributed by atoms with Crippen molar-refractivity contribution in [2.75, 3.05) is 12.4 Å². The summed E-state index contributed by atoms with van der Waals surface area (Å²) >= 11 is 0. The lowest BCUT2D eigenvalue weighted by atomic mass is 10.2. The highest BCUT2D eigenvalue weighted by Crippen LogP contribution is 2.39. The molecular weight excluding hydrogens is 202 g/mol. The van der Waals surface area contributed by atoms with Crippen LogP contribution in [0, 0.1) is 18.8 Å². The van der Waals surface area contributed by atoms with Crippen LogP contribution in [0.25, 0.3) is 0 Å². The number of benzene rings is 1. The second kappa shape index (κ2) is 4.16. The van der Waals surface area contributed by atoms with Gasteiger partial charge in [-0.1, -0.05) is 13.0 Å². The number of anilines is 1. The zero-order valence-corrected chi connectivity index (χ0v) is 9.91. The Morgan fingerprint density at radius 1 is 1.50 bits per heavy atom. The van der Waals surface area contributed by atoms with Crippen LogP contribution >= 0.6 is 0 Å². The molecule has 1 aromatic rings. The topological polar surface area (TPSA) is 38.3 Å². The summed E-state index contributed by atoms with van der Waals surface area (Å²) in [7, 11) is 1.61. The minimum absolute atomic E-state index is 0.108. The number of carbonyl (C=O) groups is 1. The summed E-state index contributed by atoms with van der Waals surface area (Å²) in [4.78, 5) is 11.8. The van der Waals surface area contributed by atoms with Gasteiger partial charge in [0.1, 0.15) is 5.75 Å². The highest BCUT2D eigenvalue weighted by atomic mass is 16.5. The first-order valence-corrected chi connectivity index (χ1v) is 5.57. The first kappa shape index (κ1) is 11.0. The van der Waals surface area contributed by atoms with Gasteiger partial charge in [0.25, 0.3) is 0 Å². The van der Waals surface area contributed by atoms with Crippen molar-refractivity contribution in [2.24, 2.45) is 11.8 Å². The van der Waals surface area contributed by atoms with E-state index in [1.54, 1.807) is 7.11 Å². The lowest BCUT2D eigenvalue weighted by molar-refractivity contribution is -0.117. The van der Waals surface area contributed by atoms with E-state index in [-0.39, 0.29) is 11.8 Å². The monoisotopic (exact) mass is 219 g/mol. The van der Waals surface area contributed by atoms with Gasteiger partial charge < -0.3 is 10.1 Å². The molecule has 2 atom stereocenters. The predicted molar refractivity (Wildman–Crippen MR) is 63.6 cm³/mol. The van der Waals surface area contributed by atoms with Gasteiger partial charge in [-0.2, -0.15) is 0 Å². The van der Waals surface area contributed by atoms with Crippen LogP contribution < -0.4 is 10.1 Å². The molecular formula is C13H17NO2. The first-order valence-electron chi connectivity index (χ1n) is 5.57. The molecule has 0 spiro atoms. The minimum Gasteiger partial charge on any atom is -0.495 e. The normalized spacial score (nSPS) is 22.7. The third-order valence-electron chi connectivity index (χ3n) is 3.06. The largest absolute Gasteiger partial charge is 0.495 e. The Hall–Kier alpha value is -1.51. The Labute approximate surface area is 95.8 Å². The fraction of sp³-hybridized carbons (Fsp3) is 0.462. The average Bonchev–Trinajstić information content (AvgIpc) is 2.96. The van der Waals surface area contributed by atoms with Crippen LogP contribution in [0.15, 0.2) is 18.2 Å². The van der Waals surface area contributed by atoms with Gasteiger partial charge in [0.2, 0.25) is 5.91 Å². The quantitative estimate of drug-likeness (QED) is 0.848. The summed E-state index contributed by atoms with van der Waals surface area (Å²) < 4.78 is 5.21. The SMILES string of the molecule is COc1ccc(C)cc1NC(=O)[C@H]1C[C@H]1C. The zero-order chi connectivity index (χ0) is 11.7. The molecule has 0 heterocycles. The lowest BCUT2D eigenvalue weighted by Gasteiger charge is -2.10. The number of hydrogen-bond donors (Lipinski definition) is 1. The van der Waals surface area contributed by atoms with Gasteiger partial charge in [0.05, 0.1) is 12.8 Å². The summed E-state index contributed by atoms with van der Waals surface area (Å²) in [6.45, 7) is 4.09. The van der Waals surface area contributed by atoms with Crippen molar-refractivity contribution < 1.29 is 9.53 Å². The highest BCUT2D eigenvalue weighted by Gasteiger charge is 2.39. The molecule has 16 heavy (non-hydrogen) atoms. The second-order valence-corrected chi connectivity index (χ2v) is 4.51. The van der Waals surface area contributed by atoms with Crippen LogP contribution in [0.2, 0.25) is 0 Å². The van der Waals surface area contributed by atoms with Crippen molar-refractivity contribution in [1.29, 1.82) is 0 Å². The molecule has 3 nitrogen and oxygen atoms in total. The van der Waals surface area contributed by atoms with Crippen LogP contribution in [-0.2, 0) is 4.79 Å². The molecule has 1 saturated carbocycles. The summed E-state index contributed by atoms with van der Waals surface area (Å²) in [6, 6.07) is 5.78. The van der Waals surface area contributed by atoms with Crippen molar-refractivity contribution in [1.82, 2.24) is 0 Å². The average molecular weight is 219 g/mol. The van der Waals surface area contributed by atoms with Crippen molar-refractivity contribution in [3.63, 3.8) is 0 Å². The molecule has 0 radical (unpaired) electrons. The maximum atomic E-state index is 11.8. The molecule has 1 N–H and O–H groups in total. The molecule has 0 aromatic heterocycles. The Balaban J connectivity index is 2.13. The van der Waals surface area contributed by atoms with Crippen LogP contribution in [0.3, 0.4) is 0 Å². The predicted octanol–water partition coefficient (Wildman–Crippen LogP) is 2.60. The fourth-order valence-corrected chi connectivity index (χ4v) is 1.83. The van der Waals surface area contributed by atoms with E-state index < -0.39 is 0 Å². The van der Waals surface area contributed by atoms with Gasteiger partial charge >= 0.3 is 0 Å². The standard InChI is InChI=1S/C13H17NO2/c1-8-4-5-12(16-3)11(6-8)14-13(15)10-7-9(10)2/h4-6,9-10H,7H2,1-3H3,(H,14,15)/t9-,10+/m1/s1. The molecule has 1 aliphatic rings. The molecule has 2 rings (SSSR count). The van der Waals surface area contributed by atoms with Gasteiger partial charge in [0, 0.05) is 5.92 Å². The van der Waals surface area contributed by atoms with Gasteiger partial charge in [-0.25, -0.2) is 0 Å². The third-order valence-corrected chi connectivity index (χ3v) is 3.06. The summed E-state index contributed by atoms with van der Waals surface area (Å²) in [6.07, 6.45) is 1.000. The molecule has 1 fully saturated rings. The fourth-order valence-electron chi connectivity index (χ4n) is 1.83. The van der Waals surface area contributed by atoms with Gasteiger partial charge in [-0.3, -0.25) is 4.79 Å². The number of carbonyl (C=O) groups excluding carboxylic acids is 1. The number of rotatable bonds is 3. The molecule has 0 aliphatic heterocycles. The molecule has 0 unspecified atom stereocenters. The van der Waals surface area contributed by atoms with Crippen molar-refractivity contribution >= 4 is 11.6 Å². The van der Waals surface area contributed by atoms with Crippen LogP contribution in [-0.4, -0.2) is 13.0 Å².